The first-order valence-corrected chi connectivity index (χ1v) is 6.46. The maximum atomic E-state index is 13.3. The van der Waals surface area contributed by atoms with Crippen molar-refractivity contribution in [1.82, 2.24) is 4.98 Å². The molecule has 0 aliphatic heterocycles. The van der Waals surface area contributed by atoms with Crippen LogP contribution >= 0.6 is 0 Å². The summed E-state index contributed by atoms with van der Waals surface area (Å²) in [4.78, 5) is 4.52. The summed E-state index contributed by atoms with van der Waals surface area (Å²) in [6, 6.07) is 6.84. The summed E-state index contributed by atoms with van der Waals surface area (Å²) in [5, 5.41) is 4.37. The third-order valence-corrected chi connectivity index (χ3v) is 2.95. The zero-order valence-electron chi connectivity index (χ0n) is 11.1. The van der Waals surface area contributed by atoms with Crippen LogP contribution in [0.5, 0.6) is 0 Å². The summed E-state index contributed by atoms with van der Waals surface area (Å²) in [6.07, 6.45) is 1.06. The van der Waals surface area contributed by atoms with Gasteiger partial charge in [0.25, 0.3) is 0 Å². The highest BCUT2D eigenvalue weighted by atomic mass is 19.1. The van der Waals surface area contributed by atoms with Gasteiger partial charge in [0.15, 0.2) is 0 Å². The predicted molar refractivity (Wildman–Crippen MR) is 74.6 cm³/mol. The average Bonchev–Trinajstić information content (AvgIpc) is 2.34. The van der Waals surface area contributed by atoms with Gasteiger partial charge in [-0.25, -0.2) is 4.39 Å². The molecular formula is C15H19FN2. The number of nitrogens with one attached hydrogen (secondary N) is 1. The standard InChI is InChI=1S/C15H19FN2/c1-4-7-17-14-9-13(10(2)3)18-15-8-11(16)5-6-12(14)15/h5-6,8-10H,4,7H2,1-3H3,(H,17,18). The summed E-state index contributed by atoms with van der Waals surface area (Å²) < 4.78 is 13.3. The molecule has 2 rings (SSSR count). The number of aromatic nitrogens is 1. The van der Waals surface area contributed by atoms with Crippen LogP contribution in [0.1, 0.15) is 38.8 Å². The molecule has 0 amide bonds. The molecule has 3 heteroatoms. The molecule has 96 valence electrons. The Kier molecular flexibility index (Phi) is 3.80. The van der Waals surface area contributed by atoms with Gasteiger partial charge in [-0.15, -0.1) is 0 Å². The molecule has 1 aromatic carbocycles. The van der Waals surface area contributed by atoms with Crippen molar-refractivity contribution in [2.24, 2.45) is 0 Å². The quantitative estimate of drug-likeness (QED) is 0.869. The Bertz CT molecular complexity index is 549. The molecule has 0 unspecified atom stereocenters. The van der Waals surface area contributed by atoms with E-state index < -0.39 is 0 Å². The molecule has 18 heavy (non-hydrogen) atoms. The Labute approximate surface area is 107 Å². The zero-order chi connectivity index (χ0) is 13.1. The van der Waals surface area contributed by atoms with E-state index in [2.05, 4.69) is 37.1 Å². The zero-order valence-corrected chi connectivity index (χ0v) is 11.1. The Morgan fingerprint density at radius 3 is 2.72 bits per heavy atom. The average molecular weight is 246 g/mol. The van der Waals surface area contributed by atoms with Gasteiger partial charge in [0.1, 0.15) is 5.82 Å². The first-order chi connectivity index (χ1) is 8.61. The van der Waals surface area contributed by atoms with E-state index in [0.717, 1.165) is 35.2 Å². The van der Waals surface area contributed by atoms with E-state index in [-0.39, 0.29) is 5.82 Å². The summed E-state index contributed by atoms with van der Waals surface area (Å²) >= 11 is 0. The second kappa shape index (κ2) is 5.34. The smallest absolute Gasteiger partial charge is 0.125 e. The molecule has 1 aromatic heterocycles. The molecule has 0 fully saturated rings. The normalized spacial score (nSPS) is 11.2. The van der Waals surface area contributed by atoms with Crippen molar-refractivity contribution in [3.63, 3.8) is 0 Å². The lowest BCUT2D eigenvalue weighted by atomic mass is 10.1. The van der Waals surface area contributed by atoms with Crippen LogP contribution in [0.3, 0.4) is 0 Å². The number of hydrogen-bond donors (Lipinski definition) is 1. The van der Waals surface area contributed by atoms with Crippen LogP contribution in [-0.4, -0.2) is 11.5 Å². The van der Waals surface area contributed by atoms with Crippen molar-refractivity contribution in [1.29, 1.82) is 0 Å². The monoisotopic (exact) mass is 246 g/mol. The van der Waals surface area contributed by atoms with Crippen LogP contribution in [0.4, 0.5) is 10.1 Å². The van der Waals surface area contributed by atoms with E-state index >= 15 is 0 Å². The Morgan fingerprint density at radius 2 is 2.06 bits per heavy atom. The maximum Gasteiger partial charge on any atom is 0.125 e. The topological polar surface area (TPSA) is 24.9 Å². The van der Waals surface area contributed by atoms with Crippen molar-refractivity contribution in [3.8, 4) is 0 Å². The van der Waals surface area contributed by atoms with Crippen molar-refractivity contribution in [2.45, 2.75) is 33.1 Å². The summed E-state index contributed by atoms with van der Waals surface area (Å²) in [5.41, 5.74) is 2.76. The molecule has 0 atom stereocenters. The van der Waals surface area contributed by atoms with Crippen molar-refractivity contribution < 1.29 is 4.39 Å². The molecule has 0 radical (unpaired) electrons. The molecule has 0 bridgehead atoms. The van der Waals surface area contributed by atoms with Gasteiger partial charge in [0, 0.05) is 29.4 Å². The van der Waals surface area contributed by atoms with Gasteiger partial charge in [-0.3, -0.25) is 4.98 Å². The lowest BCUT2D eigenvalue weighted by Crippen LogP contribution is -2.03. The molecular weight excluding hydrogens is 227 g/mol. The first-order valence-electron chi connectivity index (χ1n) is 6.46. The van der Waals surface area contributed by atoms with Gasteiger partial charge < -0.3 is 5.32 Å². The van der Waals surface area contributed by atoms with E-state index in [0.29, 0.717) is 5.92 Å². The fourth-order valence-electron chi connectivity index (χ4n) is 1.92. The number of benzene rings is 1. The van der Waals surface area contributed by atoms with Crippen LogP contribution in [0.15, 0.2) is 24.3 Å². The van der Waals surface area contributed by atoms with Crippen molar-refractivity contribution in [2.75, 3.05) is 11.9 Å². The second-order valence-corrected chi connectivity index (χ2v) is 4.84. The predicted octanol–water partition coefficient (Wildman–Crippen LogP) is 4.32. The SMILES string of the molecule is CCCNc1cc(C(C)C)nc2cc(F)ccc12. The minimum Gasteiger partial charge on any atom is -0.384 e. The fraction of sp³-hybridized carbons (Fsp3) is 0.400. The minimum atomic E-state index is -0.239. The molecule has 0 spiro atoms. The largest absolute Gasteiger partial charge is 0.384 e. The number of fused-ring (bicyclic) bond motifs is 1. The minimum absolute atomic E-state index is 0.239. The van der Waals surface area contributed by atoms with Crippen LogP contribution in [-0.2, 0) is 0 Å². The van der Waals surface area contributed by atoms with Crippen molar-refractivity contribution in [3.05, 3.63) is 35.8 Å². The highest BCUT2D eigenvalue weighted by molar-refractivity contribution is 5.91. The molecule has 0 aliphatic rings. The number of hydrogen-bond acceptors (Lipinski definition) is 2. The Hall–Kier alpha value is -1.64. The number of anilines is 1. The van der Waals surface area contributed by atoms with Crippen LogP contribution in [0.25, 0.3) is 10.9 Å². The highest BCUT2D eigenvalue weighted by Gasteiger charge is 2.08. The van der Waals surface area contributed by atoms with E-state index in [1.165, 1.54) is 12.1 Å². The molecule has 1 heterocycles. The molecule has 0 saturated carbocycles. The van der Waals surface area contributed by atoms with Gasteiger partial charge in [-0.05, 0) is 30.5 Å². The highest BCUT2D eigenvalue weighted by Crippen LogP contribution is 2.26. The number of nitrogens with zero attached hydrogens (tertiary/aromatic N) is 1. The van der Waals surface area contributed by atoms with Gasteiger partial charge in [-0.1, -0.05) is 20.8 Å². The van der Waals surface area contributed by atoms with Crippen molar-refractivity contribution >= 4 is 16.6 Å². The lowest BCUT2D eigenvalue weighted by Gasteiger charge is -2.13. The first kappa shape index (κ1) is 12.8. The number of rotatable bonds is 4. The molecule has 0 saturated heterocycles. The van der Waals surface area contributed by atoms with Crippen LogP contribution in [0, 0.1) is 5.82 Å². The van der Waals surface area contributed by atoms with E-state index in [4.69, 9.17) is 0 Å². The third kappa shape index (κ3) is 2.61. The Balaban J connectivity index is 2.57. The number of halogens is 1. The maximum absolute atomic E-state index is 13.3. The summed E-state index contributed by atoms with van der Waals surface area (Å²) in [7, 11) is 0. The second-order valence-electron chi connectivity index (χ2n) is 4.84. The number of pyridine rings is 1. The third-order valence-electron chi connectivity index (χ3n) is 2.95. The fourth-order valence-corrected chi connectivity index (χ4v) is 1.92. The van der Waals surface area contributed by atoms with E-state index in [9.17, 15) is 4.39 Å². The van der Waals surface area contributed by atoms with Crippen LogP contribution < -0.4 is 5.32 Å². The molecule has 0 aliphatic carbocycles. The van der Waals surface area contributed by atoms with E-state index in [1.54, 1.807) is 6.07 Å². The summed E-state index contributed by atoms with van der Waals surface area (Å²) in [5.74, 6) is 0.0946. The lowest BCUT2D eigenvalue weighted by molar-refractivity contribution is 0.629. The molecule has 2 aromatic rings. The molecule has 2 nitrogen and oxygen atoms in total. The van der Waals surface area contributed by atoms with Gasteiger partial charge >= 0.3 is 0 Å². The summed E-state index contributed by atoms with van der Waals surface area (Å²) in [6.45, 7) is 7.22. The van der Waals surface area contributed by atoms with E-state index in [1.807, 2.05) is 0 Å². The van der Waals surface area contributed by atoms with Crippen LogP contribution in [0.2, 0.25) is 0 Å². The Morgan fingerprint density at radius 1 is 1.28 bits per heavy atom. The molecule has 1 N–H and O–H groups in total. The van der Waals surface area contributed by atoms with Gasteiger partial charge in [0.2, 0.25) is 0 Å². The van der Waals surface area contributed by atoms with Gasteiger partial charge in [0.05, 0.1) is 5.52 Å². The van der Waals surface area contributed by atoms with Gasteiger partial charge in [-0.2, -0.15) is 0 Å².